The molecule has 4 rings (SSSR count). The van der Waals surface area contributed by atoms with Gasteiger partial charge in [0.05, 0.1) is 16.3 Å². The van der Waals surface area contributed by atoms with Crippen LogP contribution in [0.1, 0.15) is 15.4 Å². The molecule has 0 atom stereocenters. The van der Waals surface area contributed by atoms with Crippen LogP contribution in [0.25, 0.3) is 10.2 Å². The van der Waals surface area contributed by atoms with Gasteiger partial charge < -0.3 is 4.90 Å². The topological polar surface area (TPSA) is 38.1 Å². The molecule has 22 heavy (non-hydrogen) atoms. The highest BCUT2D eigenvalue weighted by Crippen LogP contribution is 2.36. The molecule has 0 radical (unpaired) electrons. The monoisotopic (exact) mass is 329 g/mol. The van der Waals surface area contributed by atoms with Crippen LogP contribution in [-0.4, -0.2) is 28.0 Å². The maximum absolute atomic E-state index is 13.0. The van der Waals surface area contributed by atoms with Crippen LogP contribution in [0, 0.1) is 6.92 Å². The molecule has 0 saturated carbocycles. The number of rotatable bonds is 1. The molecule has 3 aromatic rings. The molecule has 6 heteroatoms. The highest BCUT2D eigenvalue weighted by Gasteiger charge is 2.25. The third kappa shape index (κ3) is 2.06. The van der Waals surface area contributed by atoms with Crippen molar-refractivity contribution in [3.05, 3.63) is 40.9 Å². The van der Waals surface area contributed by atoms with Gasteiger partial charge in [-0.25, -0.2) is 0 Å². The number of thioether (sulfide) groups is 1. The zero-order valence-electron chi connectivity index (χ0n) is 12.4. The molecule has 0 bridgehead atoms. The van der Waals surface area contributed by atoms with Crippen LogP contribution in [0.5, 0.6) is 0 Å². The van der Waals surface area contributed by atoms with E-state index in [1.165, 1.54) is 16.2 Å². The second-order valence-electron chi connectivity index (χ2n) is 5.31. The molecule has 1 amide bonds. The van der Waals surface area contributed by atoms with E-state index in [0.29, 0.717) is 0 Å². The molecule has 1 aliphatic rings. The smallest absolute Gasteiger partial charge is 0.268 e. The van der Waals surface area contributed by atoms with Crippen molar-refractivity contribution < 1.29 is 4.79 Å². The van der Waals surface area contributed by atoms with E-state index in [0.717, 1.165) is 38.8 Å². The Hall–Kier alpha value is -1.79. The average molecular weight is 329 g/mol. The second kappa shape index (κ2) is 5.14. The van der Waals surface area contributed by atoms with Crippen molar-refractivity contribution in [3.63, 3.8) is 0 Å². The summed E-state index contributed by atoms with van der Waals surface area (Å²) >= 11 is 3.34. The Morgan fingerprint density at radius 3 is 2.95 bits per heavy atom. The molecular formula is C16H15N3OS2. The summed E-state index contributed by atoms with van der Waals surface area (Å²) in [6, 6.07) is 10.1. The quantitative estimate of drug-likeness (QED) is 0.683. The SMILES string of the molecule is Cc1nn(C)c2sc(C(=O)N3CCSc4ccccc43)cc12. The molecule has 0 spiro atoms. The summed E-state index contributed by atoms with van der Waals surface area (Å²) in [6.07, 6.45) is 0. The Kier molecular flexibility index (Phi) is 3.23. The minimum atomic E-state index is 0.0911. The molecular weight excluding hydrogens is 314 g/mol. The lowest BCUT2D eigenvalue weighted by atomic mass is 10.2. The van der Waals surface area contributed by atoms with Gasteiger partial charge in [-0.1, -0.05) is 12.1 Å². The van der Waals surface area contributed by atoms with Crippen LogP contribution in [-0.2, 0) is 7.05 Å². The predicted molar refractivity (Wildman–Crippen MR) is 92.2 cm³/mol. The Morgan fingerprint density at radius 2 is 2.14 bits per heavy atom. The predicted octanol–water partition coefficient (Wildman–Crippen LogP) is 3.70. The Bertz CT molecular complexity index is 846. The number of para-hydroxylation sites is 1. The van der Waals surface area contributed by atoms with Crippen molar-refractivity contribution in [3.8, 4) is 0 Å². The highest BCUT2D eigenvalue weighted by molar-refractivity contribution is 7.99. The number of fused-ring (bicyclic) bond motifs is 2. The van der Waals surface area contributed by atoms with Crippen LogP contribution in [0.3, 0.4) is 0 Å². The van der Waals surface area contributed by atoms with E-state index in [4.69, 9.17) is 0 Å². The summed E-state index contributed by atoms with van der Waals surface area (Å²) < 4.78 is 1.85. The standard InChI is InChI=1S/C16H15N3OS2/c1-10-11-9-14(22-16(11)18(2)17-10)15(20)19-7-8-21-13-6-4-3-5-12(13)19/h3-6,9H,7-8H2,1-2H3. The molecule has 4 nitrogen and oxygen atoms in total. The first-order valence-electron chi connectivity index (χ1n) is 7.12. The number of carbonyl (C=O) groups excluding carboxylic acids is 1. The number of hydrogen-bond donors (Lipinski definition) is 0. The van der Waals surface area contributed by atoms with Crippen LogP contribution in [0.2, 0.25) is 0 Å². The van der Waals surface area contributed by atoms with Gasteiger partial charge in [0.2, 0.25) is 0 Å². The van der Waals surface area contributed by atoms with Gasteiger partial charge in [-0.3, -0.25) is 9.48 Å². The maximum Gasteiger partial charge on any atom is 0.268 e. The van der Waals surface area contributed by atoms with Crippen molar-refractivity contribution in [1.82, 2.24) is 9.78 Å². The summed E-state index contributed by atoms with van der Waals surface area (Å²) in [5, 5.41) is 5.48. The fraction of sp³-hybridized carbons (Fsp3) is 0.250. The largest absolute Gasteiger partial charge is 0.306 e. The Labute approximate surface area is 136 Å². The van der Waals surface area contributed by atoms with E-state index in [-0.39, 0.29) is 5.91 Å². The fourth-order valence-corrected chi connectivity index (χ4v) is 4.89. The molecule has 1 aliphatic heterocycles. The molecule has 0 N–H and O–H groups in total. The number of aromatic nitrogens is 2. The lowest BCUT2D eigenvalue weighted by molar-refractivity contribution is 0.0991. The molecule has 1 aromatic carbocycles. The van der Waals surface area contributed by atoms with E-state index in [9.17, 15) is 4.79 Å². The zero-order valence-corrected chi connectivity index (χ0v) is 14.0. The van der Waals surface area contributed by atoms with Gasteiger partial charge in [0.15, 0.2) is 0 Å². The number of nitrogens with zero attached hydrogens (tertiary/aromatic N) is 3. The molecule has 112 valence electrons. The van der Waals surface area contributed by atoms with Gasteiger partial charge in [0.25, 0.3) is 5.91 Å². The minimum absolute atomic E-state index is 0.0911. The van der Waals surface area contributed by atoms with Gasteiger partial charge in [0.1, 0.15) is 4.83 Å². The van der Waals surface area contributed by atoms with Crippen molar-refractivity contribution in [1.29, 1.82) is 0 Å². The Morgan fingerprint density at radius 1 is 1.32 bits per heavy atom. The average Bonchev–Trinajstić information content (AvgIpc) is 3.08. The van der Waals surface area contributed by atoms with Crippen molar-refractivity contribution in [2.24, 2.45) is 7.05 Å². The minimum Gasteiger partial charge on any atom is -0.306 e. The first kappa shape index (κ1) is 13.8. The van der Waals surface area contributed by atoms with E-state index < -0.39 is 0 Å². The van der Waals surface area contributed by atoms with Gasteiger partial charge in [-0.2, -0.15) is 5.10 Å². The first-order chi connectivity index (χ1) is 10.6. The number of thiophene rings is 1. The van der Waals surface area contributed by atoms with E-state index in [1.807, 2.05) is 59.6 Å². The molecule has 0 fully saturated rings. The lowest BCUT2D eigenvalue weighted by Gasteiger charge is -2.28. The third-order valence-electron chi connectivity index (χ3n) is 3.88. The number of anilines is 1. The zero-order chi connectivity index (χ0) is 15.3. The second-order valence-corrected chi connectivity index (χ2v) is 7.48. The van der Waals surface area contributed by atoms with Crippen LogP contribution >= 0.6 is 23.1 Å². The fourth-order valence-electron chi connectivity index (χ4n) is 2.82. The molecule has 3 heterocycles. The summed E-state index contributed by atoms with van der Waals surface area (Å²) in [5.74, 6) is 1.03. The number of hydrogen-bond acceptors (Lipinski definition) is 4. The van der Waals surface area contributed by atoms with E-state index in [1.54, 1.807) is 0 Å². The maximum atomic E-state index is 13.0. The van der Waals surface area contributed by atoms with Gasteiger partial charge in [0, 0.05) is 29.6 Å². The Balaban J connectivity index is 1.76. The van der Waals surface area contributed by atoms with Crippen LogP contribution in [0.4, 0.5) is 5.69 Å². The molecule has 2 aromatic heterocycles. The molecule has 0 aliphatic carbocycles. The third-order valence-corrected chi connectivity index (χ3v) is 6.11. The summed E-state index contributed by atoms with van der Waals surface area (Å²) in [7, 11) is 1.92. The van der Waals surface area contributed by atoms with Crippen LogP contribution < -0.4 is 4.90 Å². The molecule has 0 saturated heterocycles. The number of carbonyl (C=O) groups is 1. The van der Waals surface area contributed by atoms with E-state index >= 15 is 0 Å². The van der Waals surface area contributed by atoms with Crippen molar-refractivity contribution in [2.75, 3.05) is 17.2 Å². The van der Waals surface area contributed by atoms with Gasteiger partial charge in [-0.15, -0.1) is 23.1 Å². The van der Waals surface area contributed by atoms with Gasteiger partial charge in [-0.05, 0) is 25.1 Å². The van der Waals surface area contributed by atoms with Crippen molar-refractivity contribution in [2.45, 2.75) is 11.8 Å². The molecule has 0 unspecified atom stereocenters. The summed E-state index contributed by atoms with van der Waals surface area (Å²) in [6.45, 7) is 2.74. The van der Waals surface area contributed by atoms with Crippen LogP contribution in [0.15, 0.2) is 35.2 Å². The van der Waals surface area contributed by atoms with Gasteiger partial charge >= 0.3 is 0 Å². The van der Waals surface area contributed by atoms with Crippen molar-refractivity contribution >= 4 is 44.9 Å². The van der Waals surface area contributed by atoms with E-state index in [2.05, 4.69) is 11.2 Å². The normalized spacial score (nSPS) is 14.4. The number of benzene rings is 1. The lowest BCUT2D eigenvalue weighted by Crippen LogP contribution is -2.34. The number of amides is 1. The number of aryl methyl sites for hydroxylation is 2. The highest BCUT2D eigenvalue weighted by atomic mass is 32.2. The summed E-state index contributed by atoms with van der Waals surface area (Å²) in [4.78, 5) is 17.9. The summed E-state index contributed by atoms with van der Waals surface area (Å²) in [5.41, 5.74) is 2.00. The first-order valence-corrected chi connectivity index (χ1v) is 8.92.